The summed E-state index contributed by atoms with van der Waals surface area (Å²) in [5.41, 5.74) is 0. The van der Waals surface area contributed by atoms with Gasteiger partial charge in [-0.1, -0.05) is 26.7 Å². The molecule has 0 saturated carbocycles. The van der Waals surface area contributed by atoms with Crippen molar-refractivity contribution in [3.63, 3.8) is 0 Å². The van der Waals surface area contributed by atoms with Gasteiger partial charge in [0, 0.05) is 39.6 Å². The van der Waals surface area contributed by atoms with Crippen LogP contribution < -0.4 is 0 Å². The summed E-state index contributed by atoms with van der Waals surface area (Å²) in [4.78, 5) is 0. The Morgan fingerprint density at radius 3 is 1.48 bits per heavy atom. The molecular weight excluding hydrogens is 320 g/mol. The quantitative estimate of drug-likeness (QED) is 0.277. The summed E-state index contributed by atoms with van der Waals surface area (Å²) in [5.74, 6) is 1.29. The van der Waals surface area contributed by atoms with E-state index in [1.807, 2.05) is 0 Å². The van der Waals surface area contributed by atoms with Crippen molar-refractivity contribution in [3.05, 3.63) is 0 Å². The van der Waals surface area contributed by atoms with Gasteiger partial charge in [0.15, 0.2) is 0 Å². The molecule has 5 heteroatoms. The van der Waals surface area contributed by atoms with Crippen molar-refractivity contribution in [2.24, 2.45) is 11.8 Å². The van der Waals surface area contributed by atoms with Crippen LogP contribution in [0.2, 0.25) is 0 Å². The fourth-order valence-corrected chi connectivity index (χ4v) is 2.99. The van der Waals surface area contributed by atoms with Crippen LogP contribution >= 0.6 is 0 Å². The number of rotatable bonds is 18. The highest BCUT2D eigenvalue weighted by atomic mass is 16.6. The lowest BCUT2D eigenvalue weighted by molar-refractivity contribution is 0.0450. The van der Waals surface area contributed by atoms with E-state index in [4.69, 9.17) is 23.7 Å². The van der Waals surface area contributed by atoms with E-state index in [1.165, 1.54) is 12.8 Å². The number of epoxide rings is 2. The van der Waals surface area contributed by atoms with E-state index >= 15 is 0 Å². The molecule has 2 heterocycles. The van der Waals surface area contributed by atoms with Gasteiger partial charge in [-0.2, -0.15) is 0 Å². The van der Waals surface area contributed by atoms with Gasteiger partial charge in [-0.05, 0) is 37.5 Å². The van der Waals surface area contributed by atoms with E-state index < -0.39 is 0 Å². The van der Waals surface area contributed by atoms with Crippen molar-refractivity contribution < 1.29 is 23.7 Å². The van der Waals surface area contributed by atoms with Crippen LogP contribution in [0.5, 0.6) is 0 Å². The van der Waals surface area contributed by atoms with E-state index in [-0.39, 0.29) is 0 Å². The molecule has 4 atom stereocenters. The summed E-state index contributed by atoms with van der Waals surface area (Å²) in [6.07, 6.45) is 7.60. The third kappa shape index (κ3) is 11.2. The molecule has 0 aromatic heterocycles. The second kappa shape index (κ2) is 13.0. The standard InChI is InChI=1S/C20H38O5/c1-3-17(11-19-15-24-19)13-22-9-5-7-21-8-6-10-23-14-18(4-2)12-20-16-25-20/h17-20H,3-16H2,1-2H3. The Kier molecular flexibility index (Phi) is 11.0. The first kappa shape index (κ1) is 21.1. The molecule has 148 valence electrons. The molecule has 0 amide bonds. The van der Waals surface area contributed by atoms with E-state index in [0.717, 1.165) is 78.5 Å². The smallest absolute Gasteiger partial charge is 0.0813 e. The van der Waals surface area contributed by atoms with Gasteiger partial charge in [-0.3, -0.25) is 0 Å². The van der Waals surface area contributed by atoms with Crippen LogP contribution in [0.4, 0.5) is 0 Å². The van der Waals surface area contributed by atoms with Gasteiger partial charge in [0.05, 0.1) is 25.4 Å². The Morgan fingerprint density at radius 1 is 0.720 bits per heavy atom. The number of ether oxygens (including phenoxy) is 5. The van der Waals surface area contributed by atoms with Gasteiger partial charge >= 0.3 is 0 Å². The van der Waals surface area contributed by atoms with Crippen LogP contribution in [-0.4, -0.2) is 65.1 Å². The molecule has 0 radical (unpaired) electrons. The van der Waals surface area contributed by atoms with Crippen LogP contribution in [0, 0.1) is 11.8 Å². The molecule has 2 rings (SSSR count). The normalized spacial score (nSPS) is 24.2. The van der Waals surface area contributed by atoms with Crippen molar-refractivity contribution in [1.29, 1.82) is 0 Å². The summed E-state index contributed by atoms with van der Waals surface area (Å²) in [7, 11) is 0. The molecule has 2 saturated heterocycles. The minimum Gasteiger partial charge on any atom is -0.381 e. The molecular formula is C20H38O5. The average Bonchev–Trinajstić information content (AvgIpc) is 3.53. The SMILES string of the molecule is CCC(COCCCOCCCOCC(CC)CC1CO1)CC1CO1. The van der Waals surface area contributed by atoms with Crippen LogP contribution in [0.3, 0.4) is 0 Å². The Bertz CT molecular complexity index is 287. The topological polar surface area (TPSA) is 52.8 Å². The summed E-state index contributed by atoms with van der Waals surface area (Å²) in [6.45, 7) is 11.2. The molecule has 0 aliphatic carbocycles. The molecule has 2 aliphatic rings. The molecule has 2 aliphatic heterocycles. The van der Waals surface area contributed by atoms with Gasteiger partial charge in [-0.25, -0.2) is 0 Å². The Hall–Kier alpha value is -0.200. The zero-order chi connectivity index (χ0) is 17.7. The monoisotopic (exact) mass is 358 g/mol. The minimum absolute atomic E-state index is 0.508. The third-order valence-corrected chi connectivity index (χ3v) is 5.01. The van der Waals surface area contributed by atoms with Crippen molar-refractivity contribution in [1.82, 2.24) is 0 Å². The predicted molar refractivity (Wildman–Crippen MR) is 98.0 cm³/mol. The van der Waals surface area contributed by atoms with E-state index in [0.29, 0.717) is 24.0 Å². The molecule has 25 heavy (non-hydrogen) atoms. The lowest BCUT2D eigenvalue weighted by Gasteiger charge is -2.14. The van der Waals surface area contributed by atoms with E-state index in [9.17, 15) is 0 Å². The fourth-order valence-electron chi connectivity index (χ4n) is 2.99. The molecule has 0 N–H and O–H groups in total. The Morgan fingerprint density at radius 2 is 1.12 bits per heavy atom. The maximum atomic E-state index is 5.77. The first-order valence-corrected chi connectivity index (χ1v) is 10.3. The summed E-state index contributed by atoms with van der Waals surface area (Å²) in [5, 5.41) is 0. The van der Waals surface area contributed by atoms with Crippen molar-refractivity contribution in [3.8, 4) is 0 Å². The molecule has 5 nitrogen and oxygen atoms in total. The highest BCUT2D eigenvalue weighted by Crippen LogP contribution is 2.22. The van der Waals surface area contributed by atoms with Crippen molar-refractivity contribution in [2.75, 3.05) is 52.9 Å². The second-order valence-corrected chi connectivity index (χ2v) is 7.40. The van der Waals surface area contributed by atoms with Gasteiger partial charge in [-0.15, -0.1) is 0 Å². The molecule has 4 unspecified atom stereocenters. The first-order valence-electron chi connectivity index (χ1n) is 10.3. The molecule has 0 aromatic carbocycles. The van der Waals surface area contributed by atoms with Crippen LogP contribution in [0.25, 0.3) is 0 Å². The van der Waals surface area contributed by atoms with Gasteiger partial charge in [0.1, 0.15) is 0 Å². The molecule has 2 fully saturated rings. The predicted octanol–water partition coefficient (Wildman–Crippen LogP) is 3.45. The van der Waals surface area contributed by atoms with Gasteiger partial charge in [0.25, 0.3) is 0 Å². The maximum absolute atomic E-state index is 5.77. The zero-order valence-corrected chi connectivity index (χ0v) is 16.3. The third-order valence-electron chi connectivity index (χ3n) is 5.01. The second-order valence-electron chi connectivity index (χ2n) is 7.40. The molecule has 0 spiro atoms. The van der Waals surface area contributed by atoms with Gasteiger partial charge in [0.2, 0.25) is 0 Å². The molecule has 0 bridgehead atoms. The van der Waals surface area contributed by atoms with Crippen molar-refractivity contribution >= 4 is 0 Å². The minimum atomic E-state index is 0.508. The average molecular weight is 359 g/mol. The highest BCUT2D eigenvalue weighted by molar-refractivity contribution is 4.74. The first-order chi connectivity index (χ1) is 12.3. The molecule has 0 aromatic rings. The summed E-state index contributed by atoms with van der Waals surface area (Å²) >= 11 is 0. The lowest BCUT2D eigenvalue weighted by Crippen LogP contribution is -2.13. The Balaban J connectivity index is 1.29. The van der Waals surface area contributed by atoms with E-state index in [2.05, 4.69) is 13.8 Å². The summed E-state index contributed by atoms with van der Waals surface area (Å²) < 4.78 is 27.8. The summed E-state index contributed by atoms with van der Waals surface area (Å²) in [6, 6.07) is 0. The van der Waals surface area contributed by atoms with Gasteiger partial charge < -0.3 is 23.7 Å². The fraction of sp³-hybridized carbons (Fsp3) is 1.00. The largest absolute Gasteiger partial charge is 0.381 e. The van der Waals surface area contributed by atoms with Crippen LogP contribution in [0.15, 0.2) is 0 Å². The number of hydrogen-bond acceptors (Lipinski definition) is 5. The van der Waals surface area contributed by atoms with E-state index in [1.54, 1.807) is 0 Å². The van der Waals surface area contributed by atoms with Crippen LogP contribution in [-0.2, 0) is 23.7 Å². The number of hydrogen-bond donors (Lipinski definition) is 0. The Labute approximate surface area is 153 Å². The lowest BCUT2D eigenvalue weighted by atomic mass is 10.0. The zero-order valence-electron chi connectivity index (χ0n) is 16.3. The van der Waals surface area contributed by atoms with Crippen LogP contribution in [0.1, 0.15) is 52.4 Å². The highest BCUT2D eigenvalue weighted by Gasteiger charge is 2.26. The maximum Gasteiger partial charge on any atom is 0.0813 e. The van der Waals surface area contributed by atoms with Crippen molar-refractivity contribution in [2.45, 2.75) is 64.6 Å².